The van der Waals surface area contributed by atoms with Crippen LogP contribution in [-0.4, -0.2) is 6.10 Å². The van der Waals surface area contributed by atoms with Crippen molar-refractivity contribution in [2.45, 2.75) is 25.3 Å². The van der Waals surface area contributed by atoms with Crippen LogP contribution in [0, 0.1) is 5.82 Å². The molecule has 1 nitrogen and oxygen atoms in total. The van der Waals surface area contributed by atoms with E-state index in [1.54, 1.807) is 0 Å². The van der Waals surface area contributed by atoms with Crippen LogP contribution in [0.2, 0.25) is 0 Å². The van der Waals surface area contributed by atoms with Crippen LogP contribution in [0.1, 0.15) is 18.1 Å². The highest BCUT2D eigenvalue weighted by Gasteiger charge is 2.22. The highest BCUT2D eigenvalue weighted by molar-refractivity contribution is 6.17. The molecule has 1 aromatic rings. The van der Waals surface area contributed by atoms with Gasteiger partial charge in [-0.15, -0.1) is 11.6 Å². The number of hydrogen-bond donors (Lipinski definition) is 0. The zero-order valence-corrected chi connectivity index (χ0v) is 8.07. The summed E-state index contributed by atoms with van der Waals surface area (Å²) in [6, 6.07) is 2.96. The minimum absolute atomic E-state index is 0.138. The first-order valence-electron chi connectivity index (χ1n) is 4.24. The van der Waals surface area contributed by atoms with E-state index in [1.807, 2.05) is 6.92 Å². The number of benzene rings is 1. The van der Waals surface area contributed by atoms with Gasteiger partial charge in [0.25, 0.3) is 0 Å². The molecular formula is C10H10ClFO. The average Bonchev–Trinajstić information content (AvgIpc) is 2.43. The van der Waals surface area contributed by atoms with Crippen LogP contribution in [0.3, 0.4) is 0 Å². The summed E-state index contributed by atoms with van der Waals surface area (Å²) < 4.78 is 18.6. The van der Waals surface area contributed by atoms with Crippen molar-refractivity contribution in [3.8, 4) is 5.75 Å². The first-order chi connectivity index (χ1) is 6.20. The normalized spacial score (nSPS) is 19.8. The van der Waals surface area contributed by atoms with E-state index >= 15 is 0 Å². The molecule has 1 atom stereocenters. The summed E-state index contributed by atoms with van der Waals surface area (Å²) in [5.74, 6) is 0.850. The van der Waals surface area contributed by atoms with E-state index in [9.17, 15) is 4.39 Å². The summed E-state index contributed by atoms with van der Waals surface area (Å²) >= 11 is 5.68. The van der Waals surface area contributed by atoms with Gasteiger partial charge in [-0.05, 0) is 19.1 Å². The summed E-state index contributed by atoms with van der Waals surface area (Å²) in [6.07, 6.45) is 0.913. The van der Waals surface area contributed by atoms with Crippen molar-refractivity contribution in [3.05, 3.63) is 29.1 Å². The van der Waals surface area contributed by atoms with Gasteiger partial charge in [0, 0.05) is 17.5 Å². The second-order valence-electron chi connectivity index (χ2n) is 3.32. The Hall–Kier alpha value is -0.760. The van der Waals surface area contributed by atoms with Crippen LogP contribution in [0.4, 0.5) is 4.39 Å². The Bertz CT molecular complexity index is 338. The Balaban J connectivity index is 2.50. The maximum atomic E-state index is 13.0. The van der Waals surface area contributed by atoms with Crippen LogP contribution >= 0.6 is 11.6 Å². The summed E-state index contributed by atoms with van der Waals surface area (Å²) in [6.45, 7) is 1.97. The van der Waals surface area contributed by atoms with E-state index in [0.29, 0.717) is 5.88 Å². The van der Waals surface area contributed by atoms with Gasteiger partial charge < -0.3 is 4.74 Å². The quantitative estimate of drug-likeness (QED) is 0.634. The minimum Gasteiger partial charge on any atom is -0.490 e. The first kappa shape index (κ1) is 8.82. The van der Waals surface area contributed by atoms with Crippen LogP contribution in [0.25, 0.3) is 0 Å². The summed E-state index contributed by atoms with van der Waals surface area (Å²) in [5, 5.41) is 0. The molecule has 0 amide bonds. The monoisotopic (exact) mass is 200 g/mol. The molecule has 1 unspecified atom stereocenters. The Kier molecular flexibility index (Phi) is 2.16. The molecule has 0 saturated heterocycles. The van der Waals surface area contributed by atoms with Crippen molar-refractivity contribution in [1.82, 2.24) is 0 Å². The molecule has 13 heavy (non-hydrogen) atoms. The minimum atomic E-state index is -0.230. The lowest BCUT2D eigenvalue weighted by atomic mass is 10.1. The molecule has 0 aliphatic carbocycles. The number of alkyl halides is 1. The van der Waals surface area contributed by atoms with E-state index < -0.39 is 0 Å². The van der Waals surface area contributed by atoms with Gasteiger partial charge in [0.1, 0.15) is 17.7 Å². The molecule has 2 rings (SSSR count). The van der Waals surface area contributed by atoms with E-state index in [1.165, 1.54) is 12.1 Å². The largest absolute Gasteiger partial charge is 0.490 e. The molecule has 70 valence electrons. The van der Waals surface area contributed by atoms with Crippen LogP contribution < -0.4 is 4.74 Å². The summed E-state index contributed by atoms with van der Waals surface area (Å²) in [4.78, 5) is 0. The number of hydrogen-bond acceptors (Lipinski definition) is 1. The van der Waals surface area contributed by atoms with Gasteiger partial charge in [-0.3, -0.25) is 0 Å². The molecule has 1 aliphatic rings. The van der Waals surface area contributed by atoms with Crippen LogP contribution in [-0.2, 0) is 12.3 Å². The molecule has 0 saturated carbocycles. The average molecular weight is 201 g/mol. The Labute approximate surface area is 81.5 Å². The predicted molar refractivity (Wildman–Crippen MR) is 49.8 cm³/mol. The highest BCUT2D eigenvalue weighted by atomic mass is 35.5. The Morgan fingerprint density at radius 3 is 3.08 bits per heavy atom. The van der Waals surface area contributed by atoms with Gasteiger partial charge in [-0.2, -0.15) is 0 Å². The van der Waals surface area contributed by atoms with Crippen molar-refractivity contribution < 1.29 is 9.13 Å². The van der Waals surface area contributed by atoms with Crippen LogP contribution in [0.5, 0.6) is 5.75 Å². The fourth-order valence-corrected chi connectivity index (χ4v) is 1.87. The lowest BCUT2D eigenvalue weighted by molar-refractivity contribution is 0.253. The molecule has 0 spiro atoms. The fraction of sp³-hybridized carbons (Fsp3) is 0.400. The molecule has 0 radical (unpaired) electrons. The standard InChI is InChI=1S/C10H10ClFO/c1-6-2-7-3-9(12)4-8(5-11)10(7)13-6/h3-4,6H,2,5H2,1H3. The third-order valence-corrected chi connectivity index (χ3v) is 2.47. The molecular weight excluding hydrogens is 191 g/mol. The molecule has 1 heterocycles. The van der Waals surface area contributed by atoms with Crippen molar-refractivity contribution in [2.24, 2.45) is 0 Å². The second-order valence-corrected chi connectivity index (χ2v) is 3.59. The van der Waals surface area contributed by atoms with Gasteiger partial charge in [-0.25, -0.2) is 4.39 Å². The zero-order valence-electron chi connectivity index (χ0n) is 7.31. The maximum Gasteiger partial charge on any atom is 0.127 e. The predicted octanol–water partition coefficient (Wildman–Crippen LogP) is 2.89. The number of fused-ring (bicyclic) bond motifs is 1. The molecule has 3 heteroatoms. The van der Waals surface area contributed by atoms with Crippen molar-refractivity contribution in [2.75, 3.05) is 0 Å². The Morgan fingerprint density at radius 1 is 1.62 bits per heavy atom. The SMILES string of the molecule is CC1Cc2cc(F)cc(CCl)c2O1. The summed E-state index contributed by atoms with van der Waals surface area (Å²) in [5.41, 5.74) is 1.68. The smallest absolute Gasteiger partial charge is 0.127 e. The van der Waals surface area contributed by atoms with Crippen LogP contribution in [0.15, 0.2) is 12.1 Å². The van der Waals surface area contributed by atoms with Gasteiger partial charge >= 0.3 is 0 Å². The molecule has 1 aliphatic heterocycles. The molecule has 0 aromatic heterocycles. The van der Waals surface area contributed by atoms with E-state index in [4.69, 9.17) is 16.3 Å². The van der Waals surface area contributed by atoms with Gasteiger partial charge in [0.05, 0.1) is 5.88 Å². The Morgan fingerprint density at radius 2 is 2.38 bits per heavy atom. The molecule has 0 bridgehead atoms. The second kappa shape index (κ2) is 3.18. The third kappa shape index (κ3) is 1.51. The lowest BCUT2D eigenvalue weighted by Crippen LogP contribution is -2.05. The summed E-state index contributed by atoms with van der Waals surface area (Å²) in [7, 11) is 0. The lowest BCUT2D eigenvalue weighted by Gasteiger charge is -2.06. The van der Waals surface area contributed by atoms with Crippen molar-refractivity contribution >= 4 is 11.6 Å². The molecule has 0 N–H and O–H groups in total. The van der Waals surface area contributed by atoms with Crippen molar-refractivity contribution in [1.29, 1.82) is 0 Å². The maximum absolute atomic E-state index is 13.0. The van der Waals surface area contributed by atoms with E-state index in [-0.39, 0.29) is 11.9 Å². The number of halogens is 2. The third-order valence-electron chi connectivity index (χ3n) is 2.18. The van der Waals surface area contributed by atoms with E-state index in [2.05, 4.69) is 0 Å². The fourth-order valence-electron chi connectivity index (χ4n) is 1.67. The molecule has 0 fully saturated rings. The van der Waals surface area contributed by atoms with E-state index in [0.717, 1.165) is 23.3 Å². The number of ether oxygens (including phenoxy) is 1. The van der Waals surface area contributed by atoms with Gasteiger partial charge in [-0.1, -0.05) is 0 Å². The van der Waals surface area contributed by atoms with Gasteiger partial charge in [0.15, 0.2) is 0 Å². The first-order valence-corrected chi connectivity index (χ1v) is 4.78. The van der Waals surface area contributed by atoms with Crippen molar-refractivity contribution in [3.63, 3.8) is 0 Å². The number of rotatable bonds is 1. The van der Waals surface area contributed by atoms with Gasteiger partial charge in [0.2, 0.25) is 0 Å². The topological polar surface area (TPSA) is 9.23 Å². The highest BCUT2D eigenvalue weighted by Crippen LogP contribution is 2.34. The zero-order chi connectivity index (χ0) is 9.42. The molecule has 1 aromatic carbocycles.